The molecule has 0 radical (unpaired) electrons. The van der Waals surface area contributed by atoms with E-state index in [4.69, 9.17) is 11.5 Å². The minimum Gasteiger partial charge on any atom is -0.399 e. The topological polar surface area (TPSA) is 82.1 Å². The fourth-order valence-corrected chi connectivity index (χ4v) is 5.09. The van der Waals surface area contributed by atoms with Gasteiger partial charge in [-0.1, -0.05) is 24.3 Å². The Labute approximate surface area is 204 Å². The largest absolute Gasteiger partial charge is 0.399 e. The summed E-state index contributed by atoms with van der Waals surface area (Å²) in [7, 11) is 0. The van der Waals surface area contributed by atoms with E-state index >= 15 is 0 Å². The molecule has 0 bridgehead atoms. The molecule has 2 saturated heterocycles. The van der Waals surface area contributed by atoms with Crippen molar-refractivity contribution in [1.82, 2.24) is 19.6 Å². The van der Waals surface area contributed by atoms with E-state index in [1.165, 1.54) is 11.1 Å². The second kappa shape index (κ2) is 11.3. The minimum atomic E-state index is -0.0403. The van der Waals surface area contributed by atoms with Crippen LogP contribution in [0.25, 0.3) is 0 Å². The number of benzene rings is 2. The highest BCUT2D eigenvalue weighted by Gasteiger charge is 2.32. The number of nitrogen functional groups attached to an aromatic ring is 2. The number of carbonyl (C=O) groups is 1. The lowest BCUT2D eigenvalue weighted by Gasteiger charge is -2.41. The Morgan fingerprint density at radius 2 is 0.971 bits per heavy atom. The van der Waals surface area contributed by atoms with E-state index in [9.17, 15) is 4.79 Å². The third kappa shape index (κ3) is 6.36. The maximum Gasteiger partial charge on any atom is 0.166 e. The van der Waals surface area contributed by atoms with Gasteiger partial charge in [0.15, 0.2) is 5.78 Å². The van der Waals surface area contributed by atoms with Gasteiger partial charge in [0.1, 0.15) is 0 Å². The van der Waals surface area contributed by atoms with Crippen LogP contribution in [-0.4, -0.2) is 89.8 Å². The molecule has 2 unspecified atom stereocenters. The number of ketones is 1. The Morgan fingerprint density at radius 1 is 0.647 bits per heavy atom. The van der Waals surface area contributed by atoms with Gasteiger partial charge in [-0.15, -0.1) is 0 Å². The number of carbonyl (C=O) groups excluding carboxylic acids is 1. The van der Waals surface area contributed by atoms with Gasteiger partial charge in [0.25, 0.3) is 0 Å². The van der Waals surface area contributed by atoms with Crippen molar-refractivity contribution < 1.29 is 4.79 Å². The van der Waals surface area contributed by atoms with E-state index < -0.39 is 0 Å². The third-order valence-electron chi connectivity index (χ3n) is 7.50. The zero-order chi connectivity index (χ0) is 24.1. The highest BCUT2D eigenvalue weighted by atomic mass is 16.1. The molecular formula is C27H40N6O. The number of anilines is 2. The van der Waals surface area contributed by atoms with Gasteiger partial charge >= 0.3 is 0 Å². The average molecular weight is 465 g/mol. The lowest BCUT2D eigenvalue weighted by Crippen LogP contribution is -2.57. The van der Waals surface area contributed by atoms with E-state index in [0.717, 1.165) is 76.8 Å². The average Bonchev–Trinajstić information content (AvgIpc) is 2.86. The number of Topliss-reactive ketones (excluding diaryl/α,β-unsaturated/α-hetero) is 1. The van der Waals surface area contributed by atoms with E-state index in [-0.39, 0.29) is 12.1 Å². The van der Waals surface area contributed by atoms with Gasteiger partial charge < -0.3 is 11.5 Å². The first kappa shape index (κ1) is 24.7. The Balaban J connectivity index is 1.20. The van der Waals surface area contributed by atoms with Crippen molar-refractivity contribution in [3.8, 4) is 0 Å². The van der Waals surface area contributed by atoms with Crippen LogP contribution < -0.4 is 11.5 Å². The smallest absolute Gasteiger partial charge is 0.166 e. The van der Waals surface area contributed by atoms with E-state index in [1.807, 2.05) is 24.3 Å². The molecule has 2 heterocycles. The van der Waals surface area contributed by atoms with Crippen molar-refractivity contribution >= 4 is 17.2 Å². The highest BCUT2D eigenvalue weighted by molar-refractivity contribution is 5.88. The first-order valence-electron chi connectivity index (χ1n) is 12.5. The predicted octanol–water partition coefficient (Wildman–Crippen LogP) is 2.13. The molecule has 2 aromatic carbocycles. The standard InChI is InChI=1S/C27H40N6O/c1-21(32-15-11-30(12-16-32)19-23-3-7-25(28)8-4-23)27(34)22(2)33-17-13-31(14-18-33)20-24-5-9-26(29)10-6-24/h3-10,21-22H,11-20,28-29H2,1-2H3. The molecule has 4 rings (SSSR count). The van der Waals surface area contributed by atoms with Gasteiger partial charge in [0.05, 0.1) is 12.1 Å². The van der Waals surface area contributed by atoms with Crippen molar-refractivity contribution in [3.63, 3.8) is 0 Å². The summed E-state index contributed by atoms with van der Waals surface area (Å²) in [6.45, 7) is 13.7. The van der Waals surface area contributed by atoms with Crippen molar-refractivity contribution in [2.75, 3.05) is 63.8 Å². The number of hydrogen-bond acceptors (Lipinski definition) is 7. The van der Waals surface area contributed by atoms with Crippen molar-refractivity contribution in [2.24, 2.45) is 0 Å². The molecule has 2 aliphatic rings. The molecule has 0 amide bonds. The number of nitrogens with zero attached hydrogens (tertiary/aromatic N) is 4. The molecule has 2 atom stereocenters. The summed E-state index contributed by atoms with van der Waals surface area (Å²) in [5.41, 5.74) is 15.8. The van der Waals surface area contributed by atoms with Crippen LogP contribution >= 0.6 is 0 Å². The fourth-order valence-electron chi connectivity index (χ4n) is 5.09. The Morgan fingerprint density at radius 3 is 1.29 bits per heavy atom. The first-order valence-corrected chi connectivity index (χ1v) is 12.5. The molecule has 34 heavy (non-hydrogen) atoms. The summed E-state index contributed by atoms with van der Waals surface area (Å²) < 4.78 is 0. The third-order valence-corrected chi connectivity index (χ3v) is 7.50. The van der Waals surface area contributed by atoms with E-state index in [1.54, 1.807) is 0 Å². The van der Waals surface area contributed by atoms with Crippen LogP contribution in [0, 0.1) is 0 Å². The second-order valence-electron chi connectivity index (χ2n) is 9.86. The molecule has 0 aliphatic carbocycles. The van der Waals surface area contributed by atoms with Crippen LogP contribution in [-0.2, 0) is 17.9 Å². The molecule has 0 saturated carbocycles. The van der Waals surface area contributed by atoms with Crippen molar-refractivity contribution in [3.05, 3.63) is 59.7 Å². The van der Waals surface area contributed by atoms with Gasteiger partial charge in [-0.2, -0.15) is 0 Å². The summed E-state index contributed by atoms with van der Waals surface area (Å²) in [6.07, 6.45) is 0. The summed E-state index contributed by atoms with van der Waals surface area (Å²) in [5.74, 6) is 0.346. The van der Waals surface area contributed by atoms with Crippen LogP contribution in [0.1, 0.15) is 25.0 Å². The monoisotopic (exact) mass is 464 g/mol. The van der Waals surface area contributed by atoms with E-state index in [2.05, 4.69) is 57.7 Å². The van der Waals surface area contributed by atoms with E-state index in [0.29, 0.717) is 5.78 Å². The molecule has 4 N–H and O–H groups in total. The fraction of sp³-hybridized carbons (Fsp3) is 0.519. The van der Waals surface area contributed by atoms with Crippen LogP contribution in [0.2, 0.25) is 0 Å². The number of hydrogen-bond donors (Lipinski definition) is 2. The Bertz CT molecular complexity index is 840. The van der Waals surface area contributed by atoms with Crippen LogP contribution in [0.4, 0.5) is 11.4 Å². The Hall–Kier alpha value is -2.45. The number of nitrogens with two attached hydrogens (primary N) is 2. The molecule has 2 aliphatic heterocycles. The van der Waals surface area contributed by atoms with Crippen LogP contribution in [0.3, 0.4) is 0 Å². The Kier molecular flexibility index (Phi) is 8.21. The molecular weight excluding hydrogens is 424 g/mol. The highest BCUT2D eigenvalue weighted by Crippen LogP contribution is 2.17. The molecule has 7 heteroatoms. The maximum atomic E-state index is 13.3. The molecule has 2 aromatic rings. The second-order valence-corrected chi connectivity index (χ2v) is 9.86. The van der Waals surface area contributed by atoms with Gasteiger partial charge in [-0.25, -0.2) is 0 Å². The minimum absolute atomic E-state index is 0.0403. The quantitative estimate of drug-likeness (QED) is 0.579. The lowest BCUT2D eigenvalue weighted by molar-refractivity contribution is -0.130. The summed E-state index contributed by atoms with van der Waals surface area (Å²) in [6, 6.07) is 16.2. The molecule has 0 spiro atoms. The van der Waals surface area contributed by atoms with Gasteiger partial charge in [0.2, 0.25) is 0 Å². The van der Waals surface area contributed by atoms with Crippen LogP contribution in [0.15, 0.2) is 48.5 Å². The van der Waals surface area contributed by atoms with Crippen LogP contribution in [0.5, 0.6) is 0 Å². The summed E-state index contributed by atoms with van der Waals surface area (Å²) in [5, 5.41) is 0. The zero-order valence-electron chi connectivity index (χ0n) is 20.7. The predicted molar refractivity (Wildman–Crippen MR) is 139 cm³/mol. The van der Waals surface area contributed by atoms with Crippen molar-refractivity contribution in [2.45, 2.75) is 39.0 Å². The number of piperazine rings is 2. The van der Waals surface area contributed by atoms with Gasteiger partial charge in [-0.05, 0) is 49.2 Å². The lowest BCUT2D eigenvalue weighted by atomic mass is 10.0. The summed E-state index contributed by atoms with van der Waals surface area (Å²) >= 11 is 0. The number of rotatable bonds is 8. The SMILES string of the molecule is CC(C(=O)C(C)N1CCN(Cc2ccc(N)cc2)CC1)N1CCN(Cc2ccc(N)cc2)CC1. The van der Waals surface area contributed by atoms with Gasteiger partial charge in [-0.3, -0.25) is 24.4 Å². The first-order chi connectivity index (χ1) is 16.4. The molecule has 2 fully saturated rings. The molecule has 0 aromatic heterocycles. The molecule has 184 valence electrons. The zero-order valence-corrected chi connectivity index (χ0v) is 20.7. The normalized spacial score (nSPS) is 20.8. The summed E-state index contributed by atoms with van der Waals surface area (Å²) in [4.78, 5) is 23.0. The van der Waals surface area contributed by atoms with Crippen molar-refractivity contribution in [1.29, 1.82) is 0 Å². The molecule has 7 nitrogen and oxygen atoms in total. The maximum absolute atomic E-state index is 13.3. The van der Waals surface area contributed by atoms with Gasteiger partial charge in [0, 0.05) is 76.8 Å².